The first kappa shape index (κ1) is 19.9. The number of nitrogens with one attached hydrogen (secondary N) is 1. The monoisotopic (exact) mass is 402 g/mol. The number of rotatable bonds is 6. The van der Waals surface area contributed by atoms with Gasteiger partial charge in [-0.25, -0.2) is 9.97 Å². The molecular formula is C24H26N4O2. The number of carbonyl (C=O) groups is 1. The van der Waals surface area contributed by atoms with Crippen LogP contribution in [0.1, 0.15) is 25.3 Å². The number of aromatic nitrogens is 2. The quantitative estimate of drug-likeness (QED) is 0.648. The SMILES string of the molecule is CCc1ccccc1NC(=O)C1CCCN(c2nccnc2Oc2ccccc2)C1. The molecule has 0 saturated carbocycles. The van der Waals surface area contributed by atoms with E-state index in [1.807, 2.05) is 48.5 Å². The Hall–Kier alpha value is -3.41. The predicted octanol–water partition coefficient (Wildman–Crippen LogP) is 4.69. The molecule has 1 amide bonds. The van der Waals surface area contributed by atoms with Crippen LogP contribution in [0.25, 0.3) is 0 Å². The van der Waals surface area contributed by atoms with E-state index in [4.69, 9.17) is 4.74 Å². The van der Waals surface area contributed by atoms with Crippen LogP contribution in [0, 0.1) is 5.92 Å². The number of para-hydroxylation sites is 2. The molecule has 1 fully saturated rings. The Labute approximate surface area is 176 Å². The average molecular weight is 402 g/mol. The first-order chi connectivity index (χ1) is 14.7. The molecule has 2 heterocycles. The van der Waals surface area contributed by atoms with Crippen molar-refractivity contribution in [3.63, 3.8) is 0 Å². The van der Waals surface area contributed by atoms with Crippen molar-refractivity contribution in [2.45, 2.75) is 26.2 Å². The van der Waals surface area contributed by atoms with Gasteiger partial charge in [-0.15, -0.1) is 0 Å². The van der Waals surface area contributed by atoms with Gasteiger partial charge in [0.05, 0.1) is 5.92 Å². The van der Waals surface area contributed by atoms with Gasteiger partial charge in [0.25, 0.3) is 5.88 Å². The van der Waals surface area contributed by atoms with Gasteiger partial charge in [-0.3, -0.25) is 4.79 Å². The highest BCUT2D eigenvalue weighted by molar-refractivity contribution is 5.93. The molecule has 1 aliphatic heterocycles. The van der Waals surface area contributed by atoms with E-state index in [0.717, 1.165) is 37.1 Å². The molecule has 1 aliphatic rings. The fourth-order valence-electron chi connectivity index (χ4n) is 3.78. The first-order valence-corrected chi connectivity index (χ1v) is 10.4. The summed E-state index contributed by atoms with van der Waals surface area (Å²) in [5.41, 5.74) is 2.04. The van der Waals surface area contributed by atoms with E-state index >= 15 is 0 Å². The Morgan fingerprint density at radius 2 is 1.87 bits per heavy atom. The number of piperidine rings is 1. The second-order valence-corrected chi connectivity index (χ2v) is 7.39. The Morgan fingerprint density at radius 3 is 2.70 bits per heavy atom. The molecule has 1 atom stereocenters. The number of aryl methyl sites for hydroxylation is 1. The molecule has 30 heavy (non-hydrogen) atoms. The molecule has 0 aliphatic carbocycles. The highest BCUT2D eigenvalue weighted by Gasteiger charge is 2.29. The maximum Gasteiger partial charge on any atom is 0.263 e. The normalized spacial score (nSPS) is 16.2. The molecule has 6 nitrogen and oxygen atoms in total. The first-order valence-electron chi connectivity index (χ1n) is 10.4. The number of ether oxygens (including phenoxy) is 1. The van der Waals surface area contributed by atoms with E-state index in [2.05, 4.69) is 33.2 Å². The van der Waals surface area contributed by atoms with Gasteiger partial charge in [0.15, 0.2) is 5.82 Å². The zero-order valence-electron chi connectivity index (χ0n) is 17.1. The molecule has 0 spiro atoms. The van der Waals surface area contributed by atoms with Gasteiger partial charge in [-0.2, -0.15) is 0 Å². The van der Waals surface area contributed by atoms with Crippen molar-refractivity contribution in [1.29, 1.82) is 0 Å². The lowest BCUT2D eigenvalue weighted by Crippen LogP contribution is -2.41. The van der Waals surface area contributed by atoms with Crippen LogP contribution in [-0.4, -0.2) is 29.0 Å². The Morgan fingerprint density at radius 1 is 1.10 bits per heavy atom. The van der Waals surface area contributed by atoms with E-state index in [1.54, 1.807) is 12.4 Å². The van der Waals surface area contributed by atoms with Gasteiger partial charge in [0, 0.05) is 31.2 Å². The summed E-state index contributed by atoms with van der Waals surface area (Å²) in [5.74, 6) is 1.78. The Kier molecular flexibility index (Phi) is 6.23. The number of benzene rings is 2. The van der Waals surface area contributed by atoms with Crippen molar-refractivity contribution in [3.8, 4) is 11.6 Å². The van der Waals surface area contributed by atoms with E-state index in [0.29, 0.717) is 24.0 Å². The number of amides is 1. The average Bonchev–Trinajstić information content (AvgIpc) is 2.80. The molecule has 4 rings (SSSR count). The van der Waals surface area contributed by atoms with Crippen LogP contribution in [0.15, 0.2) is 67.0 Å². The molecule has 2 aromatic carbocycles. The predicted molar refractivity (Wildman–Crippen MR) is 118 cm³/mol. The molecule has 1 unspecified atom stereocenters. The summed E-state index contributed by atoms with van der Waals surface area (Å²) in [6.45, 7) is 3.50. The number of hydrogen-bond acceptors (Lipinski definition) is 5. The van der Waals surface area contributed by atoms with Crippen molar-refractivity contribution >= 4 is 17.4 Å². The molecule has 3 aromatic rings. The van der Waals surface area contributed by atoms with E-state index < -0.39 is 0 Å². The summed E-state index contributed by atoms with van der Waals surface area (Å²) in [6.07, 6.45) is 5.93. The Balaban J connectivity index is 1.48. The fraction of sp³-hybridized carbons (Fsp3) is 0.292. The molecule has 0 radical (unpaired) electrons. The summed E-state index contributed by atoms with van der Waals surface area (Å²) in [6, 6.07) is 17.5. The topological polar surface area (TPSA) is 67.4 Å². The maximum atomic E-state index is 13.0. The van der Waals surface area contributed by atoms with E-state index in [1.165, 1.54) is 0 Å². The van der Waals surface area contributed by atoms with Gasteiger partial charge < -0.3 is 15.0 Å². The van der Waals surface area contributed by atoms with E-state index in [-0.39, 0.29) is 11.8 Å². The summed E-state index contributed by atoms with van der Waals surface area (Å²) in [5, 5.41) is 3.12. The summed E-state index contributed by atoms with van der Waals surface area (Å²) < 4.78 is 5.97. The number of carbonyl (C=O) groups excluding carboxylic acids is 1. The second kappa shape index (κ2) is 9.39. The van der Waals surface area contributed by atoms with Gasteiger partial charge in [-0.1, -0.05) is 43.3 Å². The molecule has 1 saturated heterocycles. The van der Waals surface area contributed by atoms with Gasteiger partial charge in [-0.05, 0) is 43.0 Å². The van der Waals surface area contributed by atoms with Gasteiger partial charge in [0.2, 0.25) is 5.91 Å². The summed E-state index contributed by atoms with van der Waals surface area (Å²) in [4.78, 5) is 24.0. The van der Waals surface area contributed by atoms with Crippen LogP contribution in [0.2, 0.25) is 0 Å². The molecule has 0 bridgehead atoms. The lowest BCUT2D eigenvalue weighted by Gasteiger charge is -2.33. The molecule has 6 heteroatoms. The van der Waals surface area contributed by atoms with Crippen molar-refractivity contribution in [3.05, 3.63) is 72.6 Å². The van der Waals surface area contributed by atoms with Crippen LogP contribution in [0.3, 0.4) is 0 Å². The standard InChI is InChI=1S/C24H26N4O2/c1-2-18-9-6-7-13-21(18)27-23(29)19-10-8-16-28(17-19)22-24(26-15-14-25-22)30-20-11-4-3-5-12-20/h3-7,9,11-15,19H,2,8,10,16-17H2,1H3,(H,27,29). The third kappa shape index (κ3) is 4.59. The zero-order chi connectivity index (χ0) is 20.8. The lowest BCUT2D eigenvalue weighted by molar-refractivity contribution is -0.120. The van der Waals surface area contributed by atoms with Crippen LogP contribution in [0.4, 0.5) is 11.5 Å². The van der Waals surface area contributed by atoms with E-state index in [9.17, 15) is 4.79 Å². The highest BCUT2D eigenvalue weighted by Crippen LogP contribution is 2.31. The minimum atomic E-state index is -0.116. The van der Waals surface area contributed by atoms with Gasteiger partial charge in [0.1, 0.15) is 5.75 Å². The van der Waals surface area contributed by atoms with Crippen LogP contribution in [-0.2, 0) is 11.2 Å². The summed E-state index contributed by atoms with van der Waals surface area (Å²) >= 11 is 0. The third-order valence-electron chi connectivity index (χ3n) is 5.35. The lowest BCUT2D eigenvalue weighted by atomic mass is 9.96. The minimum Gasteiger partial charge on any atom is -0.436 e. The van der Waals surface area contributed by atoms with Crippen LogP contribution in [0.5, 0.6) is 11.6 Å². The Bertz CT molecular complexity index is 993. The maximum absolute atomic E-state index is 13.0. The summed E-state index contributed by atoms with van der Waals surface area (Å²) in [7, 11) is 0. The fourth-order valence-corrected chi connectivity index (χ4v) is 3.78. The minimum absolute atomic E-state index is 0.0509. The zero-order valence-corrected chi connectivity index (χ0v) is 17.1. The molecule has 1 aromatic heterocycles. The third-order valence-corrected chi connectivity index (χ3v) is 5.35. The molecule has 1 N–H and O–H groups in total. The second-order valence-electron chi connectivity index (χ2n) is 7.39. The molecular weight excluding hydrogens is 376 g/mol. The van der Waals surface area contributed by atoms with Gasteiger partial charge >= 0.3 is 0 Å². The number of nitrogens with zero attached hydrogens (tertiary/aromatic N) is 3. The smallest absolute Gasteiger partial charge is 0.263 e. The number of anilines is 2. The number of hydrogen-bond donors (Lipinski definition) is 1. The van der Waals surface area contributed by atoms with Crippen molar-refractivity contribution in [2.24, 2.45) is 5.92 Å². The highest BCUT2D eigenvalue weighted by atomic mass is 16.5. The van der Waals surface area contributed by atoms with Crippen molar-refractivity contribution in [1.82, 2.24) is 9.97 Å². The largest absolute Gasteiger partial charge is 0.436 e. The van der Waals surface area contributed by atoms with Crippen molar-refractivity contribution < 1.29 is 9.53 Å². The van der Waals surface area contributed by atoms with Crippen molar-refractivity contribution in [2.75, 3.05) is 23.3 Å². The van der Waals surface area contributed by atoms with Crippen LogP contribution >= 0.6 is 0 Å². The van der Waals surface area contributed by atoms with Crippen LogP contribution < -0.4 is 15.0 Å². The molecule has 154 valence electrons.